The highest BCUT2D eigenvalue weighted by molar-refractivity contribution is 6.30. The summed E-state index contributed by atoms with van der Waals surface area (Å²) >= 11 is 6.41. The van der Waals surface area contributed by atoms with E-state index in [2.05, 4.69) is 71.3 Å². The second kappa shape index (κ2) is 12.5. The number of ether oxygens (including phenoxy) is 1. The van der Waals surface area contributed by atoms with Crippen LogP contribution < -0.4 is 15.4 Å². The molecule has 1 amide bonds. The van der Waals surface area contributed by atoms with Crippen molar-refractivity contribution < 1.29 is 13.9 Å². The van der Waals surface area contributed by atoms with Crippen LogP contribution in [-0.4, -0.2) is 32.1 Å². The molecule has 3 aromatic carbocycles. The molecule has 1 aromatic heterocycles. The molecule has 6 heteroatoms. The minimum atomic E-state index is -0.300. The number of halogens is 1. The van der Waals surface area contributed by atoms with E-state index in [-0.39, 0.29) is 23.7 Å². The van der Waals surface area contributed by atoms with Crippen molar-refractivity contribution in [3.63, 3.8) is 0 Å². The smallest absolute Gasteiger partial charge is 0.227 e. The highest BCUT2D eigenvalue weighted by Gasteiger charge is 2.40. The zero-order chi connectivity index (χ0) is 28.2. The van der Waals surface area contributed by atoms with Gasteiger partial charge in [-0.2, -0.15) is 0 Å². The highest BCUT2D eigenvalue weighted by atomic mass is 35.5. The maximum Gasteiger partial charge on any atom is 0.227 e. The molecule has 2 N–H and O–H groups in total. The molecule has 0 bridgehead atoms. The number of carbonyl (C=O) groups is 1. The Morgan fingerprint density at radius 1 is 1.02 bits per heavy atom. The minimum absolute atomic E-state index is 0.0141. The first-order valence-electron chi connectivity index (χ1n) is 14.6. The number of hydrogen-bond donors (Lipinski definition) is 2. The quantitative estimate of drug-likeness (QED) is 0.236. The van der Waals surface area contributed by atoms with Crippen molar-refractivity contribution in [3.8, 4) is 5.75 Å². The van der Waals surface area contributed by atoms with Crippen LogP contribution in [0.1, 0.15) is 64.5 Å². The molecule has 41 heavy (non-hydrogen) atoms. The average Bonchev–Trinajstić information content (AvgIpc) is 3.54. The summed E-state index contributed by atoms with van der Waals surface area (Å²) in [5.41, 5.74) is 4.37. The van der Waals surface area contributed by atoms with Crippen molar-refractivity contribution in [1.29, 1.82) is 0 Å². The minimum Gasteiger partial charge on any atom is -0.493 e. The van der Waals surface area contributed by atoms with Gasteiger partial charge in [0.2, 0.25) is 5.91 Å². The van der Waals surface area contributed by atoms with Gasteiger partial charge in [-0.3, -0.25) is 4.79 Å². The number of carbonyl (C=O) groups excluding carboxylic acids is 1. The van der Waals surface area contributed by atoms with E-state index in [0.717, 1.165) is 42.1 Å². The summed E-state index contributed by atoms with van der Waals surface area (Å²) in [5, 5.41) is 7.63. The third kappa shape index (κ3) is 5.93. The lowest BCUT2D eigenvalue weighted by atomic mass is 9.67. The maximum absolute atomic E-state index is 13.8. The first-order chi connectivity index (χ1) is 20.1. The summed E-state index contributed by atoms with van der Waals surface area (Å²) in [4.78, 5) is 13.8. The molecule has 2 aliphatic rings. The van der Waals surface area contributed by atoms with E-state index in [1.54, 1.807) is 6.26 Å². The molecular weight excluding hydrogens is 532 g/mol. The van der Waals surface area contributed by atoms with Crippen LogP contribution in [0.3, 0.4) is 0 Å². The van der Waals surface area contributed by atoms with Gasteiger partial charge in [-0.1, -0.05) is 72.3 Å². The first kappa shape index (κ1) is 27.6. The van der Waals surface area contributed by atoms with Gasteiger partial charge in [0.25, 0.3) is 0 Å². The summed E-state index contributed by atoms with van der Waals surface area (Å²) in [5.74, 6) is 2.24. The number of aryl methyl sites for hydroxylation is 1. The van der Waals surface area contributed by atoms with Crippen molar-refractivity contribution in [2.24, 2.45) is 5.92 Å². The average molecular weight is 569 g/mol. The Bertz CT molecular complexity index is 1440. The number of amides is 1. The summed E-state index contributed by atoms with van der Waals surface area (Å²) in [6.07, 6.45) is 3.42. The number of furan rings is 1. The Hall–Kier alpha value is -3.54. The van der Waals surface area contributed by atoms with Gasteiger partial charge in [-0.05, 0) is 79.1 Å². The van der Waals surface area contributed by atoms with Gasteiger partial charge in [0, 0.05) is 35.5 Å². The van der Waals surface area contributed by atoms with Crippen LogP contribution in [0.5, 0.6) is 5.75 Å². The van der Waals surface area contributed by atoms with Gasteiger partial charge in [-0.25, -0.2) is 0 Å². The Labute approximate surface area is 247 Å². The van der Waals surface area contributed by atoms with Crippen molar-refractivity contribution in [1.82, 2.24) is 10.6 Å². The third-order valence-electron chi connectivity index (χ3n) is 8.87. The predicted octanol–water partition coefficient (Wildman–Crippen LogP) is 7.18. The molecule has 212 valence electrons. The van der Waals surface area contributed by atoms with Crippen LogP contribution in [0.15, 0.2) is 95.6 Å². The summed E-state index contributed by atoms with van der Waals surface area (Å²) < 4.78 is 12.1. The fourth-order valence-electron chi connectivity index (χ4n) is 6.97. The van der Waals surface area contributed by atoms with E-state index in [1.807, 2.05) is 31.2 Å². The molecule has 1 saturated heterocycles. The molecule has 5 atom stereocenters. The van der Waals surface area contributed by atoms with E-state index >= 15 is 0 Å². The first-order valence-corrected chi connectivity index (χ1v) is 15.0. The molecule has 2 aliphatic heterocycles. The molecule has 6 rings (SSSR count). The number of fused-ring (bicyclic) bond motifs is 1. The topological polar surface area (TPSA) is 63.5 Å². The molecule has 4 aromatic rings. The number of nitrogens with one attached hydrogen (secondary N) is 2. The fraction of sp³-hybridized carbons (Fsp3) is 0.343. The SMILES string of the molecule is Cc1cc(Cl)cc2c1OCCC2C(=O)NCC(c1ccccc1)C(c1ccco1)C1CCNCC1c1ccccc1. The molecule has 0 radical (unpaired) electrons. The molecule has 0 saturated carbocycles. The Morgan fingerprint density at radius 2 is 1.80 bits per heavy atom. The van der Waals surface area contributed by atoms with Gasteiger partial charge in [-0.15, -0.1) is 0 Å². The third-order valence-corrected chi connectivity index (χ3v) is 9.08. The zero-order valence-corrected chi connectivity index (χ0v) is 24.1. The lowest BCUT2D eigenvalue weighted by Crippen LogP contribution is -2.42. The van der Waals surface area contributed by atoms with E-state index < -0.39 is 0 Å². The van der Waals surface area contributed by atoms with Crippen molar-refractivity contribution >= 4 is 17.5 Å². The van der Waals surface area contributed by atoms with Crippen LogP contribution >= 0.6 is 11.6 Å². The second-order valence-corrected chi connectivity index (χ2v) is 11.7. The van der Waals surface area contributed by atoms with Crippen LogP contribution in [0.4, 0.5) is 0 Å². The van der Waals surface area contributed by atoms with Crippen LogP contribution in [0.25, 0.3) is 0 Å². The van der Waals surface area contributed by atoms with E-state index in [9.17, 15) is 4.79 Å². The number of benzene rings is 3. The number of piperidine rings is 1. The predicted molar refractivity (Wildman–Crippen MR) is 163 cm³/mol. The normalized spacial score (nSPS) is 21.8. The number of rotatable bonds is 8. The maximum atomic E-state index is 13.8. The molecule has 5 nitrogen and oxygen atoms in total. The molecular formula is C35H37ClN2O3. The summed E-state index contributed by atoms with van der Waals surface area (Å²) in [6, 6.07) is 29.2. The van der Waals surface area contributed by atoms with Gasteiger partial charge >= 0.3 is 0 Å². The molecule has 5 unspecified atom stereocenters. The second-order valence-electron chi connectivity index (χ2n) is 11.3. The van der Waals surface area contributed by atoms with Crippen LogP contribution in [0, 0.1) is 12.8 Å². The van der Waals surface area contributed by atoms with Crippen LogP contribution in [0.2, 0.25) is 5.02 Å². The van der Waals surface area contributed by atoms with Gasteiger partial charge < -0.3 is 19.8 Å². The highest BCUT2D eigenvalue weighted by Crippen LogP contribution is 2.47. The summed E-state index contributed by atoms with van der Waals surface area (Å²) in [7, 11) is 0. The van der Waals surface area contributed by atoms with E-state index in [4.69, 9.17) is 20.8 Å². The Kier molecular flexibility index (Phi) is 8.45. The van der Waals surface area contributed by atoms with Crippen LogP contribution in [-0.2, 0) is 4.79 Å². The van der Waals surface area contributed by atoms with E-state index in [0.29, 0.717) is 36.4 Å². The van der Waals surface area contributed by atoms with Crippen molar-refractivity contribution in [2.45, 2.75) is 43.4 Å². The van der Waals surface area contributed by atoms with Gasteiger partial charge in [0.15, 0.2) is 0 Å². The van der Waals surface area contributed by atoms with Gasteiger partial charge in [0.1, 0.15) is 11.5 Å². The Balaban J connectivity index is 1.34. The lowest BCUT2D eigenvalue weighted by Gasteiger charge is -2.41. The molecule has 3 heterocycles. The molecule has 1 fully saturated rings. The molecule has 0 spiro atoms. The fourth-order valence-corrected chi connectivity index (χ4v) is 7.25. The standard InChI is InChI=1S/C35H37ClN2O3/c1-23-19-26(36)20-29-28(15-18-41-34(23)29)35(39)38-22-31(25-11-6-3-7-12-25)33(32-13-8-17-40-32)27-14-16-37-21-30(27)24-9-4-2-5-10-24/h2-13,17,19-20,27-28,30-31,33,37H,14-16,18,21-22H2,1H3,(H,38,39). The summed E-state index contributed by atoms with van der Waals surface area (Å²) in [6.45, 7) is 4.87. The largest absolute Gasteiger partial charge is 0.493 e. The lowest BCUT2D eigenvalue weighted by molar-refractivity contribution is -0.123. The zero-order valence-electron chi connectivity index (χ0n) is 23.4. The monoisotopic (exact) mass is 568 g/mol. The van der Waals surface area contributed by atoms with E-state index in [1.165, 1.54) is 11.1 Å². The molecule has 0 aliphatic carbocycles. The Morgan fingerprint density at radius 3 is 2.56 bits per heavy atom. The van der Waals surface area contributed by atoms with Gasteiger partial charge in [0.05, 0.1) is 18.8 Å². The number of hydrogen-bond acceptors (Lipinski definition) is 4. The van der Waals surface area contributed by atoms with Crippen molar-refractivity contribution in [2.75, 3.05) is 26.2 Å². The van der Waals surface area contributed by atoms with Crippen molar-refractivity contribution in [3.05, 3.63) is 124 Å².